The van der Waals surface area contributed by atoms with Gasteiger partial charge in [-0.1, -0.05) is 0 Å². The second-order valence-corrected chi connectivity index (χ2v) is 7.16. The minimum atomic E-state index is -0.492. The molecule has 25 heavy (non-hydrogen) atoms. The number of carbonyl (C=O) groups is 1. The zero-order valence-corrected chi connectivity index (χ0v) is 14.8. The van der Waals surface area contributed by atoms with Gasteiger partial charge in [-0.05, 0) is 51.7 Å². The Balaban J connectivity index is 1.85. The maximum Gasteiger partial charge on any atom is 0.410 e. The van der Waals surface area contributed by atoms with E-state index in [1.807, 2.05) is 20.8 Å². The number of rotatable bonds is 4. The van der Waals surface area contributed by atoms with Crippen LogP contribution in [0.3, 0.4) is 0 Å². The SMILES string of the molecule is CC(C)(C)OC(=O)N1CCC(CNc2ccc(F)cc2N=C=O)CC1. The van der Waals surface area contributed by atoms with E-state index in [-0.39, 0.29) is 11.8 Å². The summed E-state index contributed by atoms with van der Waals surface area (Å²) in [7, 11) is 0. The van der Waals surface area contributed by atoms with E-state index in [1.165, 1.54) is 18.2 Å². The zero-order chi connectivity index (χ0) is 18.4. The summed E-state index contributed by atoms with van der Waals surface area (Å²) in [5.74, 6) is -0.0815. The van der Waals surface area contributed by atoms with E-state index in [1.54, 1.807) is 11.0 Å². The molecular weight excluding hydrogens is 325 g/mol. The molecule has 0 saturated carbocycles. The van der Waals surface area contributed by atoms with Crippen molar-refractivity contribution in [2.45, 2.75) is 39.2 Å². The van der Waals surface area contributed by atoms with Gasteiger partial charge in [0.15, 0.2) is 0 Å². The second kappa shape index (κ2) is 8.12. The highest BCUT2D eigenvalue weighted by Crippen LogP contribution is 2.27. The van der Waals surface area contributed by atoms with Crippen molar-refractivity contribution in [3.63, 3.8) is 0 Å². The molecule has 0 spiro atoms. The number of aliphatic imine (C=N–C) groups is 1. The molecule has 1 aromatic rings. The van der Waals surface area contributed by atoms with Crippen molar-refractivity contribution < 1.29 is 18.7 Å². The Hall–Kier alpha value is -2.40. The number of hydrogen-bond donors (Lipinski definition) is 1. The number of hydrogen-bond acceptors (Lipinski definition) is 5. The molecule has 0 atom stereocenters. The number of piperidine rings is 1. The maximum absolute atomic E-state index is 13.2. The molecule has 0 unspecified atom stereocenters. The molecule has 6 nitrogen and oxygen atoms in total. The minimum absolute atomic E-state index is 0.237. The van der Waals surface area contributed by atoms with Crippen molar-refractivity contribution >= 4 is 23.5 Å². The van der Waals surface area contributed by atoms with Crippen molar-refractivity contribution in [1.29, 1.82) is 0 Å². The highest BCUT2D eigenvalue weighted by Gasteiger charge is 2.26. The van der Waals surface area contributed by atoms with Gasteiger partial charge < -0.3 is 15.0 Å². The molecule has 0 aromatic heterocycles. The zero-order valence-electron chi connectivity index (χ0n) is 14.8. The fraction of sp³-hybridized carbons (Fsp3) is 0.556. The first-order valence-electron chi connectivity index (χ1n) is 8.38. The summed E-state index contributed by atoms with van der Waals surface area (Å²) < 4.78 is 18.6. The molecule has 1 aliphatic heterocycles. The van der Waals surface area contributed by atoms with Crippen molar-refractivity contribution in [3.05, 3.63) is 24.0 Å². The molecular formula is C18H24FN3O3. The summed E-state index contributed by atoms with van der Waals surface area (Å²) >= 11 is 0. The van der Waals surface area contributed by atoms with E-state index >= 15 is 0 Å². The van der Waals surface area contributed by atoms with E-state index in [9.17, 15) is 14.0 Å². The van der Waals surface area contributed by atoms with Gasteiger partial charge in [0.05, 0.1) is 5.69 Å². The van der Waals surface area contributed by atoms with E-state index in [4.69, 9.17) is 4.74 Å². The van der Waals surface area contributed by atoms with E-state index in [2.05, 4.69) is 10.3 Å². The van der Waals surface area contributed by atoms with Crippen molar-refractivity contribution in [1.82, 2.24) is 4.90 Å². The van der Waals surface area contributed by atoms with Crippen molar-refractivity contribution in [2.24, 2.45) is 10.9 Å². The van der Waals surface area contributed by atoms with Gasteiger partial charge in [0.25, 0.3) is 0 Å². The highest BCUT2D eigenvalue weighted by molar-refractivity contribution is 5.69. The number of ether oxygens (including phenoxy) is 1. The number of likely N-dealkylation sites (tertiary alicyclic amines) is 1. The molecule has 1 aromatic carbocycles. The lowest BCUT2D eigenvalue weighted by molar-refractivity contribution is 0.0188. The number of anilines is 1. The molecule has 1 aliphatic rings. The Morgan fingerprint density at radius 3 is 2.68 bits per heavy atom. The standard InChI is InChI=1S/C18H24FN3O3/c1-18(2,3)25-17(24)22-8-6-13(7-9-22)11-20-15-5-4-14(19)10-16(15)21-12-23/h4-5,10,13,20H,6-9,11H2,1-3H3. The number of carbonyl (C=O) groups excluding carboxylic acids is 2. The summed E-state index contributed by atoms with van der Waals surface area (Å²) in [6.07, 6.45) is 2.85. The molecule has 2 rings (SSSR count). The van der Waals surface area contributed by atoms with Crippen LogP contribution in [0.1, 0.15) is 33.6 Å². The van der Waals surface area contributed by atoms with Gasteiger partial charge in [-0.2, -0.15) is 4.99 Å². The summed E-state index contributed by atoms with van der Waals surface area (Å²) in [5, 5.41) is 3.20. The van der Waals surface area contributed by atoms with E-state index in [0.29, 0.717) is 31.2 Å². The van der Waals surface area contributed by atoms with Gasteiger partial charge in [-0.25, -0.2) is 14.0 Å². The molecule has 7 heteroatoms. The van der Waals surface area contributed by atoms with Crippen LogP contribution in [0.5, 0.6) is 0 Å². The van der Waals surface area contributed by atoms with Crippen LogP contribution in [0.25, 0.3) is 0 Å². The van der Waals surface area contributed by atoms with Gasteiger partial charge in [0, 0.05) is 25.7 Å². The Morgan fingerprint density at radius 2 is 2.08 bits per heavy atom. The van der Waals surface area contributed by atoms with Gasteiger partial charge >= 0.3 is 6.09 Å². The van der Waals surface area contributed by atoms with Crippen LogP contribution in [-0.4, -0.2) is 42.3 Å². The third-order valence-corrected chi connectivity index (χ3v) is 3.97. The van der Waals surface area contributed by atoms with Crippen LogP contribution >= 0.6 is 0 Å². The fourth-order valence-electron chi connectivity index (χ4n) is 2.70. The quantitative estimate of drug-likeness (QED) is 0.662. The molecule has 1 fully saturated rings. The lowest BCUT2D eigenvalue weighted by Crippen LogP contribution is -2.42. The van der Waals surface area contributed by atoms with Crippen LogP contribution in [-0.2, 0) is 9.53 Å². The molecule has 1 amide bonds. The predicted molar refractivity (Wildman–Crippen MR) is 93.2 cm³/mol. The third-order valence-electron chi connectivity index (χ3n) is 3.97. The molecule has 0 bridgehead atoms. The monoisotopic (exact) mass is 349 g/mol. The Bertz CT molecular complexity index is 658. The molecule has 1 N–H and O–H groups in total. The first kappa shape index (κ1) is 18.9. The van der Waals surface area contributed by atoms with Crippen molar-refractivity contribution in [2.75, 3.05) is 25.0 Å². The number of isocyanates is 1. The normalized spacial score (nSPS) is 15.4. The van der Waals surface area contributed by atoms with Crippen LogP contribution in [0.4, 0.5) is 20.6 Å². The number of benzene rings is 1. The maximum atomic E-state index is 13.2. The first-order chi connectivity index (χ1) is 11.8. The highest BCUT2D eigenvalue weighted by atomic mass is 19.1. The second-order valence-electron chi connectivity index (χ2n) is 7.16. The minimum Gasteiger partial charge on any atom is -0.444 e. The number of nitrogens with zero attached hydrogens (tertiary/aromatic N) is 2. The summed E-state index contributed by atoms with van der Waals surface area (Å²) in [5.41, 5.74) is 0.341. The smallest absolute Gasteiger partial charge is 0.410 e. The number of nitrogens with one attached hydrogen (secondary N) is 1. The summed E-state index contributed by atoms with van der Waals surface area (Å²) in [6.45, 7) is 7.50. The average Bonchev–Trinajstić information content (AvgIpc) is 2.53. The number of halogens is 1. The topological polar surface area (TPSA) is 71.0 Å². The van der Waals surface area contributed by atoms with Crippen LogP contribution in [0.15, 0.2) is 23.2 Å². The molecule has 136 valence electrons. The van der Waals surface area contributed by atoms with Gasteiger partial charge in [0.2, 0.25) is 6.08 Å². The predicted octanol–water partition coefficient (Wildman–Crippen LogP) is 3.85. The van der Waals surface area contributed by atoms with E-state index < -0.39 is 11.4 Å². The lowest BCUT2D eigenvalue weighted by atomic mass is 9.97. The average molecular weight is 349 g/mol. The first-order valence-corrected chi connectivity index (χ1v) is 8.38. The van der Waals surface area contributed by atoms with Crippen LogP contribution in [0.2, 0.25) is 0 Å². The molecule has 1 saturated heterocycles. The fourth-order valence-corrected chi connectivity index (χ4v) is 2.70. The lowest BCUT2D eigenvalue weighted by Gasteiger charge is -2.33. The number of amides is 1. The van der Waals surface area contributed by atoms with Crippen LogP contribution in [0, 0.1) is 11.7 Å². The largest absolute Gasteiger partial charge is 0.444 e. The Kier molecular flexibility index (Phi) is 6.15. The summed E-state index contributed by atoms with van der Waals surface area (Å²) in [4.78, 5) is 27.8. The van der Waals surface area contributed by atoms with E-state index in [0.717, 1.165) is 12.8 Å². The van der Waals surface area contributed by atoms with Gasteiger partial charge in [0.1, 0.15) is 17.1 Å². The van der Waals surface area contributed by atoms with Gasteiger partial charge in [-0.15, -0.1) is 0 Å². The molecule has 0 aliphatic carbocycles. The third kappa shape index (κ3) is 5.87. The molecule has 0 radical (unpaired) electrons. The Morgan fingerprint density at radius 1 is 1.40 bits per heavy atom. The Labute approximate surface area is 147 Å². The summed E-state index contributed by atoms with van der Waals surface area (Å²) in [6, 6.07) is 4.07. The van der Waals surface area contributed by atoms with Crippen LogP contribution < -0.4 is 5.32 Å². The molecule has 1 heterocycles. The van der Waals surface area contributed by atoms with Crippen molar-refractivity contribution in [3.8, 4) is 0 Å². The van der Waals surface area contributed by atoms with Gasteiger partial charge in [-0.3, -0.25) is 0 Å².